The molecule has 3 atom stereocenters. The molecule has 0 aliphatic heterocycles. The first-order valence-corrected chi connectivity index (χ1v) is 7.94. The molecule has 0 heterocycles. The van der Waals surface area contributed by atoms with Gasteiger partial charge >= 0.3 is 0 Å². The fraction of sp³-hybridized carbons (Fsp3) is 0.667. The van der Waals surface area contributed by atoms with Crippen molar-refractivity contribution >= 4 is 5.69 Å². The Bertz CT molecular complexity index is 441. The highest BCUT2D eigenvalue weighted by Gasteiger charge is 2.31. The standard InChI is InChI=1S/C18H29NO/c1-12(2)16-9-8-13(3)10-18(16)20-11-15-6-5-7-17(19)14(15)4/h5-7,12-13,16,18H,8-11,19H2,1-4H3. The van der Waals surface area contributed by atoms with Gasteiger partial charge in [-0.15, -0.1) is 0 Å². The number of rotatable bonds is 4. The molecule has 2 nitrogen and oxygen atoms in total. The minimum atomic E-state index is 0.402. The Balaban J connectivity index is 2.02. The summed E-state index contributed by atoms with van der Waals surface area (Å²) in [5, 5.41) is 0. The summed E-state index contributed by atoms with van der Waals surface area (Å²) in [6.07, 6.45) is 4.25. The summed E-state index contributed by atoms with van der Waals surface area (Å²) >= 11 is 0. The summed E-state index contributed by atoms with van der Waals surface area (Å²) in [6, 6.07) is 6.10. The van der Waals surface area contributed by atoms with Crippen LogP contribution in [0.5, 0.6) is 0 Å². The van der Waals surface area contributed by atoms with Gasteiger partial charge in [-0.1, -0.05) is 39.3 Å². The molecule has 112 valence electrons. The Kier molecular flexibility index (Phi) is 5.09. The number of nitrogens with two attached hydrogens (primary N) is 1. The molecular weight excluding hydrogens is 246 g/mol. The second kappa shape index (κ2) is 6.62. The van der Waals surface area contributed by atoms with Gasteiger partial charge in [0.2, 0.25) is 0 Å². The lowest BCUT2D eigenvalue weighted by molar-refractivity contribution is -0.0473. The molecule has 0 saturated heterocycles. The SMILES string of the molecule is Cc1c(N)cccc1COC1CC(C)CCC1C(C)C. The number of anilines is 1. The summed E-state index contributed by atoms with van der Waals surface area (Å²) in [5.41, 5.74) is 9.23. The van der Waals surface area contributed by atoms with E-state index in [1.165, 1.54) is 24.8 Å². The van der Waals surface area contributed by atoms with Crippen molar-refractivity contribution in [2.24, 2.45) is 17.8 Å². The molecule has 2 heteroatoms. The third-order valence-electron chi connectivity index (χ3n) is 4.90. The van der Waals surface area contributed by atoms with Crippen molar-refractivity contribution in [3.63, 3.8) is 0 Å². The lowest BCUT2D eigenvalue weighted by atomic mass is 9.75. The van der Waals surface area contributed by atoms with Gasteiger partial charge < -0.3 is 10.5 Å². The van der Waals surface area contributed by atoms with Gasteiger partial charge in [0.05, 0.1) is 12.7 Å². The molecule has 20 heavy (non-hydrogen) atoms. The van der Waals surface area contributed by atoms with Gasteiger partial charge in [-0.05, 0) is 54.7 Å². The summed E-state index contributed by atoms with van der Waals surface area (Å²) in [4.78, 5) is 0. The van der Waals surface area contributed by atoms with Crippen molar-refractivity contribution < 1.29 is 4.74 Å². The Morgan fingerprint density at radius 3 is 2.75 bits per heavy atom. The van der Waals surface area contributed by atoms with Crippen molar-refractivity contribution in [3.05, 3.63) is 29.3 Å². The second-order valence-electron chi connectivity index (χ2n) is 6.81. The molecule has 2 rings (SSSR count). The van der Waals surface area contributed by atoms with E-state index < -0.39 is 0 Å². The highest BCUT2D eigenvalue weighted by molar-refractivity contribution is 5.49. The minimum absolute atomic E-state index is 0.402. The van der Waals surface area contributed by atoms with Crippen molar-refractivity contribution in [1.29, 1.82) is 0 Å². The van der Waals surface area contributed by atoms with Gasteiger partial charge in [0.1, 0.15) is 0 Å². The van der Waals surface area contributed by atoms with E-state index in [-0.39, 0.29) is 0 Å². The fourth-order valence-corrected chi connectivity index (χ4v) is 3.36. The Hall–Kier alpha value is -1.02. The van der Waals surface area contributed by atoms with Gasteiger partial charge in [-0.25, -0.2) is 0 Å². The Labute approximate surface area is 123 Å². The Morgan fingerprint density at radius 1 is 1.30 bits per heavy atom. The smallest absolute Gasteiger partial charge is 0.0724 e. The van der Waals surface area contributed by atoms with Crippen LogP contribution in [0.3, 0.4) is 0 Å². The largest absolute Gasteiger partial charge is 0.399 e. The zero-order chi connectivity index (χ0) is 14.7. The fourth-order valence-electron chi connectivity index (χ4n) is 3.36. The van der Waals surface area contributed by atoms with E-state index in [1.807, 2.05) is 12.1 Å². The summed E-state index contributed by atoms with van der Waals surface area (Å²) in [6.45, 7) is 9.76. The predicted octanol–water partition coefficient (Wildman–Crippen LogP) is 4.55. The van der Waals surface area contributed by atoms with E-state index in [9.17, 15) is 0 Å². The third kappa shape index (κ3) is 3.54. The molecule has 0 radical (unpaired) electrons. The maximum atomic E-state index is 6.29. The quantitative estimate of drug-likeness (QED) is 0.818. The average molecular weight is 275 g/mol. The van der Waals surface area contributed by atoms with Crippen molar-refractivity contribution in [1.82, 2.24) is 0 Å². The van der Waals surface area contributed by atoms with Crippen LogP contribution in [0, 0.1) is 24.7 Å². The minimum Gasteiger partial charge on any atom is -0.399 e. The van der Waals surface area contributed by atoms with Crippen LogP contribution in [0.15, 0.2) is 18.2 Å². The van der Waals surface area contributed by atoms with Crippen LogP contribution in [0.2, 0.25) is 0 Å². The molecule has 1 fully saturated rings. The molecule has 1 aliphatic rings. The van der Waals surface area contributed by atoms with Gasteiger partial charge in [0.25, 0.3) is 0 Å². The van der Waals surface area contributed by atoms with Crippen LogP contribution in [0.1, 0.15) is 51.2 Å². The molecule has 3 unspecified atom stereocenters. The van der Waals surface area contributed by atoms with E-state index in [4.69, 9.17) is 10.5 Å². The average Bonchev–Trinajstić information content (AvgIpc) is 2.40. The third-order valence-corrected chi connectivity index (χ3v) is 4.90. The lowest BCUT2D eigenvalue weighted by Crippen LogP contribution is -2.34. The molecule has 1 aromatic carbocycles. The number of ether oxygens (including phenoxy) is 1. The van der Waals surface area contributed by atoms with Gasteiger partial charge in [0, 0.05) is 5.69 Å². The van der Waals surface area contributed by atoms with Crippen LogP contribution in [-0.2, 0) is 11.3 Å². The molecule has 1 saturated carbocycles. The maximum absolute atomic E-state index is 6.29. The normalized spacial score (nSPS) is 26.9. The molecular formula is C18H29NO. The highest BCUT2D eigenvalue weighted by Crippen LogP contribution is 2.35. The van der Waals surface area contributed by atoms with Crippen LogP contribution in [0.25, 0.3) is 0 Å². The lowest BCUT2D eigenvalue weighted by Gasteiger charge is -2.37. The first kappa shape index (κ1) is 15.4. The van der Waals surface area contributed by atoms with Gasteiger partial charge in [-0.3, -0.25) is 0 Å². The van der Waals surface area contributed by atoms with Crippen LogP contribution < -0.4 is 5.73 Å². The van der Waals surface area contributed by atoms with Crippen molar-refractivity contribution in [2.45, 2.75) is 59.7 Å². The van der Waals surface area contributed by atoms with Gasteiger partial charge in [-0.2, -0.15) is 0 Å². The van der Waals surface area contributed by atoms with E-state index >= 15 is 0 Å². The number of benzene rings is 1. The van der Waals surface area contributed by atoms with E-state index in [0.717, 1.165) is 17.2 Å². The summed E-state index contributed by atoms with van der Waals surface area (Å²) in [7, 11) is 0. The maximum Gasteiger partial charge on any atom is 0.0724 e. The molecule has 2 N–H and O–H groups in total. The van der Waals surface area contributed by atoms with E-state index in [1.54, 1.807) is 0 Å². The number of hydrogen-bond donors (Lipinski definition) is 1. The zero-order valence-electron chi connectivity index (χ0n) is 13.4. The van der Waals surface area contributed by atoms with Crippen LogP contribution in [-0.4, -0.2) is 6.10 Å². The molecule has 0 aromatic heterocycles. The predicted molar refractivity (Wildman–Crippen MR) is 85.5 cm³/mol. The van der Waals surface area contributed by atoms with Crippen LogP contribution >= 0.6 is 0 Å². The Morgan fingerprint density at radius 2 is 2.05 bits per heavy atom. The topological polar surface area (TPSA) is 35.2 Å². The van der Waals surface area contributed by atoms with Gasteiger partial charge in [0.15, 0.2) is 0 Å². The highest BCUT2D eigenvalue weighted by atomic mass is 16.5. The first-order valence-electron chi connectivity index (χ1n) is 7.94. The molecule has 1 aromatic rings. The molecule has 1 aliphatic carbocycles. The first-order chi connectivity index (χ1) is 9.49. The molecule has 0 amide bonds. The van der Waals surface area contributed by atoms with Crippen molar-refractivity contribution in [3.8, 4) is 0 Å². The van der Waals surface area contributed by atoms with E-state index in [2.05, 4.69) is 33.8 Å². The molecule has 0 bridgehead atoms. The van der Waals surface area contributed by atoms with Crippen molar-refractivity contribution in [2.75, 3.05) is 5.73 Å². The number of hydrogen-bond acceptors (Lipinski definition) is 2. The van der Waals surface area contributed by atoms with Crippen LogP contribution in [0.4, 0.5) is 5.69 Å². The summed E-state index contributed by atoms with van der Waals surface area (Å²) < 4.78 is 6.29. The summed E-state index contributed by atoms with van der Waals surface area (Å²) in [5.74, 6) is 2.19. The second-order valence-corrected chi connectivity index (χ2v) is 6.81. The zero-order valence-corrected chi connectivity index (χ0v) is 13.4. The molecule has 0 spiro atoms. The van der Waals surface area contributed by atoms with E-state index in [0.29, 0.717) is 24.5 Å². The monoisotopic (exact) mass is 275 g/mol. The number of nitrogen functional groups attached to an aromatic ring is 1.